The molecule has 0 saturated heterocycles. The highest BCUT2D eigenvalue weighted by Gasteiger charge is 2.17. The zero-order valence-corrected chi connectivity index (χ0v) is 17.4. The lowest BCUT2D eigenvalue weighted by Gasteiger charge is -2.27. The molecule has 0 aliphatic rings. The Bertz CT molecular complexity index is 890. The first-order valence-corrected chi connectivity index (χ1v) is 11.0. The van der Waals surface area contributed by atoms with E-state index in [9.17, 15) is 13.2 Å². The molecular weight excluding hydrogens is 374 g/mol. The smallest absolute Gasteiger partial charge is 0.308 e. The van der Waals surface area contributed by atoms with Crippen LogP contribution in [0.25, 0.3) is 6.08 Å². The van der Waals surface area contributed by atoms with Crippen LogP contribution in [-0.4, -0.2) is 31.0 Å². The molecule has 1 amide bonds. The Morgan fingerprint density at radius 1 is 1.07 bits per heavy atom. The third-order valence-corrected chi connectivity index (χ3v) is 5.63. The van der Waals surface area contributed by atoms with Crippen LogP contribution >= 0.6 is 0 Å². The van der Waals surface area contributed by atoms with Gasteiger partial charge in [0.2, 0.25) is 5.91 Å². The lowest BCUT2D eigenvalue weighted by atomic mass is 10.1. The molecule has 2 aromatic rings. The molecule has 1 atom stereocenters. The molecule has 0 fully saturated rings. The van der Waals surface area contributed by atoms with Crippen molar-refractivity contribution in [2.75, 3.05) is 5.75 Å². The van der Waals surface area contributed by atoms with Crippen molar-refractivity contribution in [1.29, 1.82) is 0 Å². The molecule has 0 unspecified atom stereocenters. The summed E-state index contributed by atoms with van der Waals surface area (Å²) < 4.78 is 28.1. The molecule has 0 spiro atoms. The number of benzene rings is 2. The Hall–Kier alpha value is -2.60. The maximum atomic E-state index is 12.7. The SMILES string of the molecule is CC[C@H](C)N(Cc1ccc(OS(=O)(=O)CC)cc1)C(=O)/C=C/c1ccccc1. The maximum absolute atomic E-state index is 12.7. The van der Waals surface area contributed by atoms with E-state index >= 15 is 0 Å². The second-order valence-corrected chi connectivity index (χ2v) is 8.40. The Labute approximate surface area is 167 Å². The standard InChI is InChI=1S/C22H27NO4S/c1-4-18(3)23(22(24)16-13-19-9-7-6-8-10-19)17-20-11-14-21(15-12-20)27-28(25,26)5-2/h6-16,18H,4-5,17H2,1-3H3/b16-13+/t18-/m0/s1. The predicted molar refractivity (Wildman–Crippen MR) is 112 cm³/mol. The Balaban J connectivity index is 2.11. The minimum absolute atomic E-state index is 0.0629. The average molecular weight is 402 g/mol. The van der Waals surface area contributed by atoms with Gasteiger partial charge in [0.25, 0.3) is 0 Å². The minimum Gasteiger partial charge on any atom is -0.382 e. The highest BCUT2D eigenvalue weighted by atomic mass is 32.2. The molecule has 0 bridgehead atoms. The third kappa shape index (κ3) is 6.53. The summed E-state index contributed by atoms with van der Waals surface area (Å²) in [6.45, 7) is 6.02. The van der Waals surface area contributed by atoms with Crippen molar-refractivity contribution < 1.29 is 17.4 Å². The zero-order valence-electron chi connectivity index (χ0n) is 16.5. The van der Waals surface area contributed by atoms with Crippen LogP contribution < -0.4 is 4.18 Å². The van der Waals surface area contributed by atoms with Crippen molar-refractivity contribution in [3.8, 4) is 5.75 Å². The molecule has 0 saturated carbocycles. The summed E-state index contributed by atoms with van der Waals surface area (Å²) in [5, 5.41) is 0. The predicted octanol–water partition coefficient (Wildman–Crippen LogP) is 4.26. The fourth-order valence-electron chi connectivity index (χ4n) is 2.55. The first-order valence-electron chi connectivity index (χ1n) is 9.39. The molecule has 0 aromatic heterocycles. The molecule has 150 valence electrons. The van der Waals surface area contributed by atoms with Crippen LogP contribution in [0.3, 0.4) is 0 Å². The van der Waals surface area contributed by atoms with Gasteiger partial charge in [0.1, 0.15) is 5.75 Å². The van der Waals surface area contributed by atoms with Crippen LogP contribution in [0.5, 0.6) is 5.75 Å². The van der Waals surface area contributed by atoms with E-state index in [1.165, 1.54) is 6.92 Å². The van der Waals surface area contributed by atoms with E-state index in [0.717, 1.165) is 17.5 Å². The highest BCUT2D eigenvalue weighted by molar-refractivity contribution is 7.87. The number of hydrogen-bond donors (Lipinski definition) is 0. The molecule has 0 aliphatic heterocycles. The molecule has 2 rings (SSSR count). The van der Waals surface area contributed by atoms with Crippen molar-refractivity contribution in [1.82, 2.24) is 4.90 Å². The van der Waals surface area contributed by atoms with Gasteiger partial charge in [-0.25, -0.2) is 0 Å². The molecule has 0 radical (unpaired) electrons. The number of rotatable bonds is 9. The van der Waals surface area contributed by atoms with Gasteiger partial charge < -0.3 is 9.08 Å². The number of nitrogens with zero attached hydrogens (tertiary/aromatic N) is 1. The minimum atomic E-state index is -3.55. The van der Waals surface area contributed by atoms with Gasteiger partial charge in [-0.2, -0.15) is 8.42 Å². The Kier molecular flexibility index (Phi) is 7.81. The summed E-state index contributed by atoms with van der Waals surface area (Å²) >= 11 is 0. The fraction of sp³-hybridized carbons (Fsp3) is 0.318. The van der Waals surface area contributed by atoms with Gasteiger partial charge in [-0.3, -0.25) is 4.79 Å². The third-order valence-electron chi connectivity index (χ3n) is 4.48. The average Bonchev–Trinajstić information content (AvgIpc) is 2.71. The van der Waals surface area contributed by atoms with Gasteiger partial charge in [-0.1, -0.05) is 49.4 Å². The van der Waals surface area contributed by atoms with Crippen molar-refractivity contribution in [3.05, 3.63) is 71.8 Å². The van der Waals surface area contributed by atoms with Crippen molar-refractivity contribution in [3.63, 3.8) is 0 Å². The topological polar surface area (TPSA) is 63.7 Å². The van der Waals surface area contributed by atoms with Gasteiger partial charge in [0.05, 0.1) is 5.75 Å². The number of amides is 1. The molecular formula is C22H27NO4S. The monoisotopic (exact) mass is 401 g/mol. The summed E-state index contributed by atoms with van der Waals surface area (Å²) in [7, 11) is -3.55. The molecule has 2 aromatic carbocycles. The van der Waals surface area contributed by atoms with E-state index in [4.69, 9.17) is 4.18 Å². The highest BCUT2D eigenvalue weighted by Crippen LogP contribution is 2.18. The first-order chi connectivity index (χ1) is 13.3. The van der Waals surface area contributed by atoms with Crippen LogP contribution in [0.15, 0.2) is 60.7 Å². The van der Waals surface area contributed by atoms with Crippen molar-refractivity contribution >= 4 is 22.1 Å². The van der Waals surface area contributed by atoms with Crippen LogP contribution in [0, 0.1) is 0 Å². The van der Waals surface area contributed by atoms with E-state index < -0.39 is 10.1 Å². The zero-order chi connectivity index (χ0) is 20.6. The van der Waals surface area contributed by atoms with Gasteiger partial charge in [0, 0.05) is 18.7 Å². The number of carbonyl (C=O) groups is 1. The van der Waals surface area contributed by atoms with Crippen molar-refractivity contribution in [2.24, 2.45) is 0 Å². The molecule has 0 aliphatic carbocycles. The Morgan fingerprint density at radius 3 is 2.29 bits per heavy atom. The molecule has 28 heavy (non-hydrogen) atoms. The second-order valence-electron chi connectivity index (χ2n) is 6.54. The summed E-state index contributed by atoms with van der Waals surface area (Å²) in [6.07, 6.45) is 4.23. The lowest BCUT2D eigenvalue weighted by molar-refractivity contribution is -0.128. The number of carbonyl (C=O) groups excluding carboxylic acids is 1. The van der Waals surface area contributed by atoms with E-state index in [2.05, 4.69) is 0 Å². The van der Waals surface area contributed by atoms with Gasteiger partial charge in [-0.15, -0.1) is 0 Å². The van der Waals surface area contributed by atoms with E-state index in [0.29, 0.717) is 6.54 Å². The summed E-state index contributed by atoms with van der Waals surface area (Å²) in [4.78, 5) is 14.6. The van der Waals surface area contributed by atoms with Crippen LogP contribution in [-0.2, 0) is 21.5 Å². The van der Waals surface area contributed by atoms with Crippen LogP contribution in [0.1, 0.15) is 38.3 Å². The summed E-state index contributed by atoms with van der Waals surface area (Å²) in [6, 6.07) is 16.5. The fourth-order valence-corrected chi connectivity index (χ4v) is 3.07. The van der Waals surface area contributed by atoms with Gasteiger partial charge >= 0.3 is 10.1 Å². The van der Waals surface area contributed by atoms with Crippen molar-refractivity contribution in [2.45, 2.75) is 39.8 Å². The summed E-state index contributed by atoms with van der Waals surface area (Å²) in [5.41, 5.74) is 1.88. The number of hydrogen-bond acceptors (Lipinski definition) is 4. The van der Waals surface area contributed by atoms with Crippen LogP contribution in [0.4, 0.5) is 0 Å². The van der Waals surface area contributed by atoms with Crippen LogP contribution in [0.2, 0.25) is 0 Å². The van der Waals surface area contributed by atoms with E-state index in [-0.39, 0.29) is 23.5 Å². The van der Waals surface area contributed by atoms with E-state index in [1.54, 1.807) is 35.2 Å². The summed E-state index contributed by atoms with van der Waals surface area (Å²) in [5.74, 6) is 0.127. The van der Waals surface area contributed by atoms with E-state index in [1.807, 2.05) is 50.3 Å². The quantitative estimate of drug-likeness (QED) is 0.465. The molecule has 0 N–H and O–H groups in total. The molecule has 6 heteroatoms. The Morgan fingerprint density at radius 2 is 1.71 bits per heavy atom. The first kappa shape index (κ1) is 21.7. The molecule has 5 nitrogen and oxygen atoms in total. The van der Waals surface area contributed by atoms with Gasteiger partial charge in [-0.05, 0) is 49.6 Å². The largest absolute Gasteiger partial charge is 0.382 e. The lowest BCUT2D eigenvalue weighted by Crippen LogP contribution is -2.36. The second kappa shape index (κ2) is 10.1. The van der Waals surface area contributed by atoms with Gasteiger partial charge in [0.15, 0.2) is 0 Å². The normalized spacial score (nSPS) is 12.7. The molecule has 0 heterocycles. The maximum Gasteiger partial charge on any atom is 0.308 e.